The van der Waals surface area contributed by atoms with Gasteiger partial charge in [-0.2, -0.15) is 0 Å². The lowest BCUT2D eigenvalue weighted by atomic mass is 10.0. The molecule has 0 saturated heterocycles. The Kier molecular flexibility index (Phi) is 6.31. The van der Waals surface area contributed by atoms with Crippen LogP contribution in [0.25, 0.3) is 0 Å². The molecule has 1 saturated carbocycles. The molecule has 25 heavy (non-hydrogen) atoms. The topological polar surface area (TPSA) is 56.7 Å². The summed E-state index contributed by atoms with van der Waals surface area (Å²) in [6.45, 7) is 3.23. The quantitative estimate of drug-likeness (QED) is 0.490. The second-order valence-electron chi connectivity index (χ2n) is 7.12. The Bertz CT molecular complexity index is 607. The molecule has 0 aromatic heterocycles. The number of aliphatic imine (C=N–C) groups is 1. The highest BCUT2D eigenvalue weighted by molar-refractivity contribution is 5.80. The van der Waals surface area contributed by atoms with E-state index in [-0.39, 0.29) is 5.91 Å². The van der Waals surface area contributed by atoms with Crippen LogP contribution in [0, 0.1) is 5.92 Å². The lowest BCUT2D eigenvalue weighted by Gasteiger charge is -2.31. The highest BCUT2D eigenvalue weighted by Crippen LogP contribution is 2.27. The van der Waals surface area contributed by atoms with Gasteiger partial charge < -0.3 is 15.5 Å². The molecule has 1 heterocycles. The second kappa shape index (κ2) is 8.88. The highest BCUT2D eigenvalue weighted by Gasteiger charge is 2.19. The van der Waals surface area contributed by atoms with E-state index in [2.05, 4.69) is 44.8 Å². The molecule has 2 N–H and O–H groups in total. The van der Waals surface area contributed by atoms with Crippen molar-refractivity contribution >= 4 is 11.9 Å². The lowest BCUT2D eigenvalue weighted by Crippen LogP contribution is -2.46. The number of amides is 1. The highest BCUT2D eigenvalue weighted by atomic mass is 16.1. The molecule has 5 heteroatoms. The van der Waals surface area contributed by atoms with Crippen molar-refractivity contribution in [2.24, 2.45) is 10.9 Å². The van der Waals surface area contributed by atoms with Crippen molar-refractivity contribution in [3.05, 3.63) is 35.4 Å². The van der Waals surface area contributed by atoms with Crippen LogP contribution >= 0.6 is 0 Å². The Hall–Kier alpha value is -2.04. The minimum absolute atomic E-state index is 0.190. The fraction of sp³-hybridized carbons (Fsp3) is 0.600. The molecule has 5 nitrogen and oxygen atoms in total. The summed E-state index contributed by atoms with van der Waals surface area (Å²) in [5, 5.41) is 6.41. The zero-order valence-corrected chi connectivity index (χ0v) is 15.3. The first kappa shape index (κ1) is 17.8. The summed E-state index contributed by atoms with van der Waals surface area (Å²) in [5.41, 5.74) is 2.81. The van der Waals surface area contributed by atoms with Gasteiger partial charge in [-0.25, -0.2) is 0 Å². The molecule has 0 atom stereocenters. The molecule has 1 aromatic rings. The third-order valence-corrected chi connectivity index (χ3v) is 5.32. The van der Waals surface area contributed by atoms with E-state index in [9.17, 15) is 4.79 Å². The van der Waals surface area contributed by atoms with Crippen molar-refractivity contribution < 1.29 is 4.79 Å². The summed E-state index contributed by atoms with van der Waals surface area (Å²) in [5.74, 6) is 1.71. The predicted octanol–water partition coefficient (Wildman–Crippen LogP) is 2.32. The molecule has 1 fully saturated rings. The first-order chi connectivity index (χ1) is 12.3. The first-order valence-corrected chi connectivity index (χ1v) is 9.55. The zero-order valence-electron chi connectivity index (χ0n) is 15.3. The number of hydrogen-bond acceptors (Lipinski definition) is 2. The van der Waals surface area contributed by atoms with Crippen molar-refractivity contribution in [2.75, 3.05) is 26.7 Å². The Morgan fingerprint density at radius 1 is 1.16 bits per heavy atom. The van der Waals surface area contributed by atoms with Gasteiger partial charge in [0.2, 0.25) is 5.91 Å². The molecule has 2 aliphatic rings. The minimum Gasteiger partial charge on any atom is -0.354 e. The standard InChI is InChI=1S/C20H30N4O/c1-21-20(24-13-10-17-8-4-5-9-18(17)15-24)23-12-11-22-19(25)14-16-6-2-3-7-16/h4-5,8-9,16H,2-3,6-7,10-15H2,1H3,(H,21,23)(H,22,25). The predicted molar refractivity (Wildman–Crippen MR) is 102 cm³/mol. The summed E-state index contributed by atoms with van der Waals surface area (Å²) in [6, 6.07) is 8.61. The lowest BCUT2D eigenvalue weighted by molar-refractivity contribution is -0.121. The van der Waals surface area contributed by atoms with Gasteiger partial charge in [0.25, 0.3) is 0 Å². The van der Waals surface area contributed by atoms with E-state index in [1.54, 1.807) is 0 Å². The van der Waals surface area contributed by atoms with Crippen molar-refractivity contribution in [3.8, 4) is 0 Å². The van der Waals surface area contributed by atoms with Crippen LogP contribution in [0.3, 0.4) is 0 Å². The van der Waals surface area contributed by atoms with Crippen LogP contribution in [0.4, 0.5) is 0 Å². The fourth-order valence-electron chi connectivity index (χ4n) is 3.93. The van der Waals surface area contributed by atoms with Gasteiger partial charge in [0.15, 0.2) is 5.96 Å². The average Bonchev–Trinajstić information content (AvgIpc) is 3.14. The summed E-state index contributed by atoms with van der Waals surface area (Å²) in [7, 11) is 1.82. The molecule has 1 aliphatic heterocycles. The molecule has 1 aliphatic carbocycles. The molecule has 136 valence electrons. The molecular formula is C20H30N4O. The maximum Gasteiger partial charge on any atom is 0.220 e. The number of carbonyl (C=O) groups excluding carboxylic acids is 1. The van der Waals surface area contributed by atoms with Gasteiger partial charge >= 0.3 is 0 Å². The molecule has 0 radical (unpaired) electrons. The van der Waals surface area contributed by atoms with Gasteiger partial charge in [-0.05, 0) is 36.3 Å². The van der Waals surface area contributed by atoms with E-state index in [0.29, 0.717) is 25.4 Å². The summed E-state index contributed by atoms with van der Waals surface area (Å²) in [6.07, 6.45) is 6.75. The maximum atomic E-state index is 12.0. The summed E-state index contributed by atoms with van der Waals surface area (Å²) < 4.78 is 0. The summed E-state index contributed by atoms with van der Waals surface area (Å²) >= 11 is 0. The number of carbonyl (C=O) groups is 1. The third-order valence-electron chi connectivity index (χ3n) is 5.32. The van der Waals surface area contributed by atoms with E-state index in [4.69, 9.17) is 0 Å². The van der Waals surface area contributed by atoms with Gasteiger partial charge in [-0.15, -0.1) is 0 Å². The van der Waals surface area contributed by atoms with Crippen LogP contribution in [-0.4, -0.2) is 43.4 Å². The van der Waals surface area contributed by atoms with Crippen molar-refractivity contribution in [3.63, 3.8) is 0 Å². The van der Waals surface area contributed by atoms with Crippen molar-refractivity contribution in [1.82, 2.24) is 15.5 Å². The van der Waals surface area contributed by atoms with Crippen molar-refractivity contribution in [1.29, 1.82) is 0 Å². The van der Waals surface area contributed by atoms with Crippen LogP contribution in [0.5, 0.6) is 0 Å². The molecule has 3 rings (SSSR count). The number of fused-ring (bicyclic) bond motifs is 1. The van der Waals surface area contributed by atoms with Crippen LogP contribution in [-0.2, 0) is 17.8 Å². The molecule has 1 aromatic carbocycles. The Labute approximate surface area is 150 Å². The maximum absolute atomic E-state index is 12.0. The van der Waals surface area contributed by atoms with Crippen molar-refractivity contribution in [2.45, 2.75) is 45.1 Å². The number of nitrogens with one attached hydrogen (secondary N) is 2. The SMILES string of the molecule is CN=C(NCCNC(=O)CC1CCCC1)N1CCc2ccccc2C1. The first-order valence-electron chi connectivity index (χ1n) is 9.55. The van der Waals surface area contributed by atoms with E-state index in [1.165, 1.54) is 36.8 Å². The van der Waals surface area contributed by atoms with Gasteiger partial charge in [0.05, 0.1) is 0 Å². The van der Waals surface area contributed by atoms with E-state index in [0.717, 1.165) is 25.5 Å². The second-order valence-corrected chi connectivity index (χ2v) is 7.12. The molecule has 0 bridgehead atoms. The zero-order chi connectivity index (χ0) is 17.5. The van der Waals surface area contributed by atoms with Crippen LogP contribution in [0.15, 0.2) is 29.3 Å². The average molecular weight is 342 g/mol. The number of rotatable bonds is 5. The van der Waals surface area contributed by atoms with Crippen LogP contribution in [0.1, 0.15) is 43.2 Å². The van der Waals surface area contributed by atoms with Gasteiger partial charge in [0, 0.05) is 39.6 Å². The van der Waals surface area contributed by atoms with E-state index >= 15 is 0 Å². The van der Waals surface area contributed by atoms with Crippen LogP contribution < -0.4 is 10.6 Å². The summed E-state index contributed by atoms with van der Waals surface area (Å²) in [4.78, 5) is 18.7. The number of benzene rings is 1. The van der Waals surface area contributed by atoms with Gasteiger partial charge in [0.1, 0.15) is 0 Å². The minimum atomic E-state index is 0.190. The Balaban J connectivity index is 1.39. The third kappa shape index (κ3) is 4.97. The van der Waals surface area contributed by atoms with E-state index in [1.807, 2.05) is 7.05 Å². The van der Waals surface area contributed by atoms with Gasteiger partial charge in [-0.1, -0.05) is 37.1 Å². The molecule has 0 unspecified atom stereocenters. The number of guanidine groups is 1. The molecular weight excluding hydrogens is 312 g/mol. The fourth-order valence-corrected chi connectivity index (χ4v) is 3.93. The van der Waals surface area contributed by atoms with E-state index < -0.39 is 0 Å². The smallest absolute Gasteiger partial charge is 0.220 e. The largest absolute Gasteiger partial charge is 0.354 e. The number of nitrogens with zero attached hydrogens (tertiary/aromatic N) is 2. The number of hydrogen-bond donors (Lipinski definition) is 2. The Morgan fingerprint density at radius 3 is 2.64 bits per heavy atom. The molecule has 1 amide bonds. The van der Waals surface area contributed by atoms with Crippen LogP contribution in [0.2, 0.25) is 0 Å². The normalized spacial score (nSPS) is 18.1. The monoisotopic (exact) mass is 342 g/mol. The van der Waals surface area contributed by atoms with Gasteiger partial charge in [-0.3, -0.25) is 9.79 Å². The Morgan fingerprint density at radius 2 is 1.88 bits per heavy atom. The molecule has 0 spiro atoms.